The Labute approximate surface area is 87.8 Å². The van der Waals surface area contributed by atoms with E-state index in [9.17, 15) is 0 Å². The van der Waals surface area contributed by atoms with Crippen LogP contribution in [0.1, 0.15) is 25.3 Å². The third-order valence-electron chi connectivity index (χ3n) is 2.16. The second kappa shape index (κ2) is 6.65. The second-order valence-corrected chi connectivity index (χ2v) is 10.7. The molecule has 12 heavy (non-hydrogen) atoms. The summed E-state index contributed by atoms with van der Waals surface area (Å²) in [5, 5.41) is 0. The molecular formula is C11H16Hg. The Hall–Kier alpha value is 0.155. The molecule has 0 aliphatic carbocycles. The number of unbranched alkanes of at least 4 members (excludes halogenated alkanes) is 1. The van der Waals surface area contributed by atoms with Gasteiger partial charge in [-0.1, -0.05) is 0 Å². The molecule has 0 fully saturated rings. The molecule has 0 radical (unpaired) electrons. The molecule has 0 bridgehead atoms. The summed E-state index contributed by atoms with van der Waals surface area (Å²) in [5.41, 5.74) is 1.58. The first-order chi connectivity index (χ1) is 5.93. The minimum atomic E-state index is -0.484. The van der Waals surface area contributed by atoms with Crippen LogP contribution in [0.4, 0.5) is 0 Å². The first kappa shape index (κ1) is 10.2. The van der Waals surface area contributed by atoms with Crippen molar-refractivity contribution in [2.75, 3.05) is 0 Å². The van der Waals surface area contributed by atoms with Gasteiger partial charge in [0, 0.05) is 0 Å². The summed E-state index contributed by atoms with van der Waals surface area (Å²) in [6, 6.07) is 11.0. The van der Waals surface area contributed by atoms with Crippen LogP contribution in [0.15, 0.2) is 30.3 Å². The van der Waals surface area contributed by atoms with E-state index in [1.54, 1.807) is 9.49 Å². The predicted octanol–water partition coefficient (Wildman–Crippen LogP) is 3.49. The van der Waals surface area contributed by atoms with E-state index in [1.165, 1.54) is 16.8 Å². The van der Waals surface area contributed by atoms with E-state index in [0.717, 1.165) is 0 Å². The molecule has 1 aromatic rings. The third-order valence-corrected chi connectivity index (χ3v) is 9.67. The van der Waals surface area contributed by atoms with Crippen molar-refractivity contribution in [2.45, 2.75) is 27.6 Å². The van der Waals surface area contributed by atoms with Crippen LogP contribution in [0.2, 0.25) is 3.93 Å². The van der Waals surface area contributed by atoms with Crippen LogP contribution in [0.25, 0.3) is 0 Å². The molecule has 0 amide bonds. The van der Waals surface area contributed by atoms with Crippen LogP contribution in [0, 0.1) is 0 Å². The molecule has 0 saturated heterocycles. The fourth-order valence-electron chi connectivity index (χ4n) is 1.40. The van der Waals surface area contributed by atoms with Crippen molar-refractivity contribution in [2.24, 2.45) is 0 Å². The molecule has 0 atom stereocenters. The summed E-state index contributed by atoms with van der Waals surface area (Å²) < 4.78 is 3.08. The molecule has 0 aliphatic heterocycles. The molecular weight excluding hydrogens is 333 g/mol. The standard InChI is InChI=1S/C7H7.C4H9.Hg/c1-7-5-3-2-4-6-7;1-3-4-2;/h2-6H,1H2;1,3-4H2,2H3;. The van der Waals surface area contributed by atoms with Gasteiger partial charge in [0.15, 0.2) is 0 Å². The van der Waals surface area contributed by atoms with Gasteiger partial charge in [-0.3, -0.25) is 0 Å². The molecule has 1 rings (SSSR count). The Morgan fingerprint density at radius 3 is 2.58 bits per heavy atom. The van der Waals surface area contributed by atoms with E-state index in [1.807, 2.05) is 0 Å². The van der Waals surface area contributed by atoms with Gasteiger partial charge >= 0.3 is 88.1 Å². The molecule has 0 aromatic heterocycles. The van der Waals surface area contributed by atoms with Crippen LogP contribution < -0.4 is 0 Å². The second-order valence-electron chi connectivity index (χ2n) is 3.30. The van der Waals surface area contributed by atoms with Gasteiger partial charge in [-0.25, -0.2) is 0 Å². The van der Waals surface area contributed by atoms with Crippen molar-refractivity contribution in [3.8, 4) is 0 Å². The molecule has 0 unspecified atom stereocenters. The van der Waals surface area contributed by atoms with E-state index in [0.29, 0.717) is 0 Å². The first-order valence-electron chi connectivity index (χ1n) is 4.97. The monoisotopic (exact) mass is 350 g/mol. The molecule has 0 spiro atoms. The Balaban J connectivity index is 2.16. The van der Waals surface area contributed by atoms with Crippen LogP contribution >= 0.6 is 0 Å². The molecule has 0 saturated carbocycles. The van der Waals surface area contributed by atoms with Crippen molar-refractivity contribution in [1.82, 2.24) is 0 Å². The van der Waals surface area contributed by atoms with E-state index in [-0.39, 0.29) is 0 Å². The number of rotatable bonds is 5. The number of benzene rings is 1. The van der Waals surface area contributed by atoms with Gasteiger partial charge in [0.2, 0.25) is 0 Å². The topological polar surface area (TPSA) is 0 Å². The zero-order chi connectivity index (χ0) is 8.65. The molecule has 0 N–H and O–H groups in total. The summed E-state index contributed by atoms with van der Waals surface area (Å²) in [6.45, 7) is 2.29. The van der Waals surface area contributed by atoms with E-state index in [4.69, 9.17) is 0 Å². The zero-order valence-electron chi connectivity index (χ0n) is 7.92. The van der Waals surface area contributed by atoms with Gasteiger partial charge in [-0.2, -0.15) is 0 Å². The molecule has 62 valence electrons. The summed E-state index contributed by atoms with van der Waals surface area (Å²) in [7, 11) is 0. The average Bonchev–Trinajstić information content (AvgIpc) is 2.14. The summed E-state index contributed by atoms with van der Waals surface area (Å²) in [6.07, 6.45) is 2.86. The fraction of sp³-hybridized carbons (Fsp3) is 0.455. The van der Waals surface area contributed by atoms with Crippen LogP contribution in [-0.4, -0.2) is 0 Å². The van der Waals surface area contributed by atoms with Crippen molar-refractivity contribution in [3.05, 3.63) is 35.9 Å². The van der Waals surface area contributed by atoms with Gasteiger partial charge in [-0.05, 0) is 0 Å². The first-order valence-corrected chi connectivity index (χ1v) is 12.7. The van der Waals surface area contributed by atoms with Crippen LogP contribution in [0.3, 0.4) is 0 Å². The normalized spacial score (nSPS) is 9.42. The quantitative estimate of drug-likeness (QED) is 0.564. The molecule has 1 aromatic carbocycles. The summed E-state index contributed by atoms with van der Waals surface area (Å²) in [5.74, 6) is 0. The maximum absolute atomic E-state index is 2.29. The Bertz CT molecular complexity index is 193. The number of hydrogen-bond acceptors (Lipinski definition) is 0. The SMILES string of the molecule is CCC[CH2][Hg][CH2]c1ccccc1. The van der Waals surface area contributed by atoms with Crippen molar-refractivity contribution in [1.29, 1.82) is 0 Å². The molecule has 0 heterocycles. The maximum atomic E-state index is 2.29. The molecule has 0 nitrogen and oxygen atoms in total. The van der Waals surface area contributed by atoms with E-state index in [2.05, 4.69) is 37.3 Å². The Morgan fingerprint density at radius 2 is 1.92 bits per heavy atom. The van der Waals surface area contributed by atoms with E-state index < -0.39 is 24.6 Å². The zero-order valence-corrected chi connectivity index (χ0v) is 13.4. The van der Waals surface area contributed by atoms with Gasteiger partial charge in [0.25, 0.3) is 0 Å². The van der Waals surface area contributed by atoms with Crippen LogP contribution in [-0.2, 0) is 28.5 Å². The van der Waals surface area contributed by atoms with Gasteiger partial charge in [0.1, 0.15) is 0 Å². The predicted molar refractivity (Wildman–Crippen MR) is 49.9 cm³/mol. The van der Waals surface area contributed by atoms with Crippen molar-refractivity contribution < 1.29 is 24.6 Å². The number of hydrogen-bond donors (Lipinski definition) is 0. The average molecular weight is 349 g/mol. The molecule has 1 heteroatoms. The fourth-order valence-corrected chi connectivity index (χ4v) is 8.57. The summed E-state index contributed by atoms with van der Waals surface area (Å²) in [4.78, 5) is 0. The molecule has 0 aliphatic rings. The van der Waals surface area contributed by atoms with Gasteiger partial charge < -0.3 is 0 Å². The van der Waals surface area contributed by atoms with Crippen molar-refractivity contribution >= 4 is 0 Å². The third kappa shape index (κ3) is 4.25. The Kier molecular flexibility index (Phi) is 5.67. The summed E-state index contributed by atoms with van der Waals surface area (Å²) >= 11 is -0.484. The Morgan fingerprint density at radius 1 is 1.17 bits per heavy atom. The van der Waals surface area contributed by atoms with Crippen molar-refractivity contribution in [3.63, 3.8) is 0 Å². The van der Waals surface area contributed by atoms with Gasteiger partial charge in [-0.15, -0.1) is 0 Å². The minimum absolute atomic E-state index is 0.484. The van der Waals surface area contributed by atoms with Gasteiger partial charge in [0.05, 0.1) is 0 Å². The van der Waals surface area contributed by atoms with E-state index >= 15 is 0 Å². The van der Waals surface area contributed by atoms with Crippen LogP contribution in [0.5, 0.6) is 0 Å².